The molecule has 0 spiro atoms. The second kappa shape index (κ2) is 4.53. The van der Waals surface area contributed by atoms with Crippen LogP contribution in [0.4, 0.5) is 5.69 Å². The monoisotopic (exact) mass is 309 g/mol. The van der Waals surface area contributed by atoms with Crippen molar-refractivity contribution in [2.24, 2.45) is 10.7 Å². The zero-order valence-electron chi connectivity index (χ0n) is 11.5. The van der Waals surface area contributed by atoms with Crippen molar-refractivity contribution in [3.63, 3.8) is 0 Å². The van der Waals surface area contributed by atoms with Crippen LogP contribution in [0, 0.1) is 0 Å². The van der Waals surface area contributed by atoms with E-state index in [1.165, 1.54) is 0 Å². The molecule has 1 atom stereocenters. The topological polar surface area (TPSA) is 71.5 Å². The number of rotatable bonds is 1. The molecule has 3 N–H and O–H groups in total. The Bertz CT molecular complexity index is 933. The first kappa shape index (κ1) is 13.2. The third kappa shape index (κ3) is 1.68. The Kier molecular flexibility index (Phi) is 2.73. The molecule has 2 heterocycles. The molecule has 2 aromatic carbocycles. The molecular weight excluding hydrogens is 298 g/mol. The van der Waals surface area contributed by atoms with E-state index in [4.69, 9.17) is 17.3 Å². The lowest BCUT2D eigenvalue weighted by molar-refractivity contribution is 0.160. The second-order valence-electron chi connectivity index (χ2n) is 5.25. The van der Waals surface area contributed by atoms with Gasteiger partial charge in [0.15, 0.2) is 5.60 Å². The maximum Gasteiger partial charge on any atom is 0.176 e. The molecule has 4 nitrogen and oxygen atoms in total. The number of nitrogens with two attached hydrogens (primary N) is 1. The molecule has 1 aromatic heterocycles. The van der Waals surface area contributed by atoms with Crippen LogP contribution in [0.3, 0.4) is 0 Å². The van der Waals surface area contributed by atoms with Crippen LogP contribution in [0.5, 0.6) is 0 Å². The number of amidine groups is 1. The zero-order valence-corrected chi connectivity index (χ0v) is 12.2. The molecule has 0 saturated carbocycles. The predicted molar refractivity (Wildman–Crippen MR) is 87.5 cm³/mol. The molecule has 5 heteroatoms. The smallest absolute Gasteiger partial charge is 0.176 e. The number of aromatic nitrogens is 1. The molecule has 0 bridgehead atoms. The lowest BCUT2D eigenvalue weighted by Gasteiger charge is -2.25. The number of hydrogen-bond donors (Lipinski definition) is 2. The molecule has 1 aliphatic heterocycles. The fourth-order valence-electron chi connectivity index (χ4n) is 2.92. The molecular formula is C17H12ClN3O. The minimum absolute atomic E-state index is 0.128. The highest BCUT2D eigenvalue weighted by Crippen LogP contribution is 2.44. The van der Waals surface area contributed by atoms with Crippen molar-refractivity contribution in [2.45, 2.75) is 5.60 Å². The van der Waals surface area contributed by atoms with Crippen molar-refractivity contribution >= 4 is 34.0 Å². The van der Waals surface area contributed by atoms with E-state index >= 15 is 0 Å². The number of hydrogen-bond acceptors (Lipinski definition) is 4. The van der Waals surface area contributed by atoms with Gasteiger partial charge in [0.25, 0.3) is 0 Å². The largest absolute Gasteiger partial charge is 0.384 e. The molecule has 0 aliphatic carbocycles. The molecule has 4 rings (SSSR count). The van der Waals surface area contributed by atoms with Gasteiger partial charge >= 0.3 is 0 Å². The zero-order chi connectivity index (χ0) is 15.3. The summed E-state index contributed by atoms with van der Waals surface area (Å²) in [5.74, 6) is 0.128. The van der Waals surface area contributed by atoms with Crippen LogP contribution in [0.15, 0.2) is 59.7 Å². The Morgan fingerprint density at radius 2 is 1.86 bits per heavy atom. The number of pyridine rings is 1. The van der Waals surface area contributed by atoms with Gasteiger partial charge in [-0.25, -0.2) is 4.99 Å². The summed E-state index contributed by atoms with van der Waals surface area (Å²) in [4.78, 5) is 8.68. The summed E-state index contributed by atoms with van der Waals surface area (Å²) >= 11 is 6.09. The van der Waals surface area contributed by atoms with Crippen LogP contribution in [0.1, 0.15) is 11.1 Å². The average molecular weight is 310 g/mol. The Morgan fingerprint density at radius 1 is 1.05 bits per heavy atom. The SMILES string of the molecule is NC1=Nc2ccc(Cl)cc2C1(O)c1cccc2cccnc12. The van der Waals surface area contributed by atoms with Crippen LogP contribution in [0.25, 0.3) is 10.9 Å². The first-order valence-corrected chi connectivity index (χ1v) is 7.20. The van der Waals surface area contributed by atoms with Gasteiger partial charge < -0.3 is 10.8 Å². The standard InChI is InChI=1S/C17H12ClN3O/c18-11-6-7-14-13(9-11)17(22,16(19)21-14)12-5-1-3-10-4-2-8-20-15(10)12/h1-9,22H,(H2,19,21). The molecule has 22 heavy (non-hydrogen) atoms. The summed E-state index contributed by atoms with van der Waals surface area (Å²) in [7, 11) is 0. The van der Waals surface area contributed by atoms with E-state index in [2.05, 4.69) is 9.98 Å². The van der Waals surface area contributed by atoms with Gasteiger partial charge in [0.2, 0.25) is 0 Å². The van der Waals surface area contributed by atoms with Gasteiger partial charge in [0.05, 0.1) is 11.2 Å². The molecule has 1 aliphatic rings. The maximum absolute atomic E-state index is 11.4. The summed E-state index contributed by atoms with van der Waals surface area (Å²) in [5.41, 5.74) is 7.05. The highest BCUT2D eigenvalue weighted by atomic mass is 35.5. The Labute approximate surface area is 131 Å². The average Bonchev–Trinajstić information content (AvgIpc) is 2.79. The van der Waals surface area contributed by atoms with E-state index in [0.29, 0.717) is 27.4 Å². The molecule has 0 radical (unpaired) electrons. The van der Waals surface area contributed by atoms with Crippen LogP contribution in [-0.2, 0) is 5.60 Å². The van der Waals surface area contributed by atoms with E-state index in [1.807, 2.05) is 30.3 Å². The van der Waals surface area contributed by atoms with Crippen molar-refractivity contribution in [2.75, 3.05) is 0 Å². The number of fused-ring (bicyclic) bond motifs is 2. The summed E-state index contributed by atoms with van der Waals surface area (Å²) in [6.45, 7) is 0. The minimum Gasteiger partial charge on any atom is -0.384 e. The van der Waals surface area contributed by atoms with E-state index in [-0.39, 0.29) is 5.84 Å². The Balaban J connectivity index is 2.07. The lowest BCUT2D eigenvalue weighted by Crippen LogP contribution is -2.39. The van der Waals surface area contributed by atoms with Crippen LogP contribution in [-0.4, -0.2) is 15.9 Å². The van der Waals surface area contributed by atoms with E-state index in [9.17, 15) is 5.11 Å². The molecule has 3 aromatic rings. The van der Waals surface area contributed by atoms with Gasteiger partial charge in [0.1, 0.15) is 5.84 Å². The van der Waals surface area contributed by atoms with Gasteiger partial charge in [-0.2, -0.15) is 0 Å². The Hall–Kier alpha value is -2.43. The number of nitrogens with zero attached hydrogens (tertiary/aromatic N) is 2. The molecule has 0 amide bonds. The maximum atomic E-state index is 11.4. The van der Waals surface area contributed by atoms with Crippen molar-refractivity contribution in [1.29, 1.82) is 0 Å². The lowest BCUT2D eigenvalue weighted by atomic mass is 9.85. The number of halogens is 1. The highest BCUT2D eigenvalue weighted by Gasteiger charge is 2.43. The summed E-state index contributed by atoms with van der Waals surface area (Å²) in [6, 6.07) is 14.6. The van der Waals surface area contributed by atoms with Crippen LogP contribution < -0.4 is 5.73 Å². The van der Waals surface area contributed by atoms with Gasteiger partial charge in [-0.05, 0) is 24.3 Å². The number of benzene rings is 2. The van der Waals surface area contributed by atoms with E-state index in [0.717, 1.165) is 5.39 Å². The summed E-state index contributed by atoms with van der Waals surface area (Å²) in [6.07, 6.45) is 1.69. The van der Waals surface area contributed by atoms with Gasteiger partial charge in [-0.3, -0.25) is 4.98 Å². The third-order valence-electron chi connectivity index (χ3n) is 3.98. The first-order chi connectivity index (χ1) is 10.6. The van der Waals surface area contributed by atoms with Crippen molar-refractivity contribution < 1.29 is 5.11 Å². The van der Waals surface area contributed by atoms with Crippen LogP contribution >= 0.6 is 11.6 Å². The number of aliphatic hydroxyl groups is 1. The first-order valence-electron chi connectivity index (χ1n) is 6.82. The molecule has 0 saturated heterocycles. The fraction of sp³-hybridized carbons (Fsp3) is 0.0588. The number of para-hydroxylation sites is 1. The fourth-order valence-corrected chi connectivity index (χ4v) is 3.10. The van der Waals surface area contributed by atoms with Crippen molar-refractivity contribution in [3.05, 3.63) is 70.9 Å². The van der Waals surface area contributed by atoms with Gasteiger partial charge in [-0.1, -0.05) is 35.9 Å². The molecule has 108 valence electrons. The summed E-state index contributed by atoms with van der Waals surface area (Å²) < 4.78 is 0. The van der Waals surface area contributed by atoms with Gasteiger partial charge in [-0.15, -0.1) is 0 Å². The minimum atomic E-state index is -1.52. The van der Waals surface area contributed by atoms with E-state index < -0.39 is 5.60 Å². The Morgan fingerprint density at radius 3 is 2.73 bits per heavy atom. The second-order valence-corrected chi connectivity index (χ2v) is 5.69. The summed E-state index contributed by atoms with van der Waals surface area (Å²) in [5, 5.41) is 12.8. The number of aliphatic imine (C=N–C) groups is 1. The van der Waals surface area contributed by atoms with Crippen LogP contribution in [0.2, 0.25) is 5.02 Å². The molecule has 0 fully saturated rings. The van der Waals surface area contributed by atoms with Gasteiger partial charge in [0, 0.05) is 27.7 Å². The van der Waals surface area contributed by atoms with Crippen molar-refractivity contribution in [1.82, 2.24) is 4.98 Å². The third-order valence-corrected chi connectivity index (χ3v) is 4.22. The molecule has 1 unspecified atom stereocenters. The predicted octanol–water partition coefficient (Wildman–Crippen LogP) is 3.13. The quantitative estimate of drug-likeness (QED) is 0.725. The van der Waals surface area contributed by atoms with Crippen molar-refractivity contribution in [3.8, 4) is 0 Å². The highest BCUT2D eigenvalue weighted by molar-refractivity contribution is 6.30. The normalized spacial score (nSPS) is 20.0. The van der Waals surface area contributed by atoms with E-state index in [1.54, 1.807) is 24.4 Å².